The molecule has 0 saturated heterocycles. The van der Waals surface area contributed by atoms with Crippen LogP contribution >= 0.6 is 0 Å². The molecule has 2 aromatic rings. The SMILES string of the molecule is COC(=O)CNC(=O)c1ncc(-c2cccnc2)cc1O. The van der Waals surface area contributed by atoms with Crippen LogP contribution in [0.15, 0.2) is 36.8 Å². The molecule has 2 aromatic heterocycles. The van der Waals surface area contributed by atoms with Crippen LogP contribution in [-0.4, -0.2) is 40.6 Å². The summed E-state index contributed by atoms with van der Waals surface area (Å²) in [4.78, 5) is 30.6. The number of nitrogens with zero attached hydrogens (tertiary/aromatic N) is 2. The Morgan fingerprint density at radius 2 is 2.14 bits per heavy atom. The lowest BCUT2D eigenvalue weighted by molar-refractivity contribution is -0.139. The van der Waals surface area contributed by atoms with Crippen molar-refractivity contribution in [3.8, 4) is 16.9 Å². The smallest absolute Gasteiger partial charge is 0.325 e. The number of hydrogen-bond acceptors (Lipinski definition) is 6. The van der Waals surface area contributed by atoms with Crippen LogP contribution < -0.4 is 5.32 Å². The van der Waals surface area contributed by atoms with Crippen molar-refractivity contribution in [1.82, 2.24) is 15.3 Å². The predicted molar refractivity (Wildman–Crippen MR) is 73.5 cm³/mol. The summed E-state index contributed by atoms with van der Waals surface area (Å²) in [5.74, 6) is -1.52. The number of methoxy groups -OCH3 is 1. The van der Waals surface area contributed by atoms with E-state index in [2.05, 4.69) is 20.0 Å². The summed E-state index contributed by atoms with van der Waals surface area (Å²) in [6.45, 7) is -0.291. The molecule has 7 nitrogen and oxygen atoms in total. The molecule has 2 rings (SSSR count). The minimum absolute atomic E-state index is 0.161. The Balaban J connectivity index is 2.16. The van der Waals surface area contributed by atoms with E-state index in [9.17, 15) is 14.7 Å². The first kappa shape index (κ1) is 14.4. The molecule has 0 bridgehead atoms. The molecule has 7 heteroatoms. The molecule has 0 aliphatic rings. The van der Waals surface area contributed by atoms with Crippen LogP contribution in [0.2, 0.25) is 0 Å². The average molecular weight is 287 g/mol. The van der Waals surface area contributed by atoms with Crippen LogP contribution in [0.1, 0.15) is 10.5 Å². The second kappa shape index (κ2) is 6.47. The van der Waals surface area contributed by atoms with Gasteiger partial charge in [0.15, 0.2) is 5.69 Å². The van der Waals surface area contributed by atoms with E-state index < -0.39 is 11.9 Å². The number of aromatic hydroxyl groups is 1. The first-order chi connectivity index (χ1) is 10.1. The van der Waals surface area contributed by atoms with Crippen LogP contribution in [0, 0.1) is 0 Å². The van der Waals surface area contributed by atoms with Crippen molar-refractivity contribution in [2.45, 2.75) is 0 Å². The van der Waals surface area contributed by atoms with E-state index in [0.29, 0.717) is 5.56 Å². The standard InChI is InChI=1S/C14H13N3O4/c1-21-12(19)8-17-14(20)13-11(18)5-10(7-16-13)9-3-2-4-15-6-9/h2-7,18H,8H2,1H3,(H,17,20). The lowest BCUT2D eigenvalue weighted by Crippen LogP contribution is -2.30. The van der Waals surface area contributed by atoms with Gasteiger partial charge in [-0.25, -0.2) is 4.98 Å². The van der Waals surface area contributed by atoms with Crippen LogP contribution in [0.5, 0.6) is 5.75 Å². The van der Waals surface area contributed by atoms with Gasteiger partial charge in [-0.3, -0.25) is 14.6 Å². The average Bonchev–Trinajstić information content (AvgIpc) is 2.53. The fourth-order valence-corrected chi connectivity index (χ4v) is 1.63. The van der Waals surface area contributed by atoms with Crippen molar-refractivity contribution in [3.63, 3.8) is 0 Å². The summed E-state index contributed by atoms with van der Waals surface area (Å²) in [5, 5.41) is 12.2. The Kier molecular flexibility index (Phi) is 4.45. The minimum Gasteiger partial charge on any atom is -0.505 e. The Morgan fingerprint density at radius 3 is 2.76 bits per heavy atom. The number of esters is 1. The van der Waals surface area contributed by atoms with Gasteiger partial charge in [-0.15, -0.1) is 0 Å². The van der Waals surface area contributed by atoms with Crippen molar-refractivity contribution in [3.05, 3.63) is 42.5 Å². The molecule has 0 atom stereocenters. The summed E-state index contributed by atoms with van der Waals surface area (Å²) >= 11 is 0. The Hall–Kier alpha value is -2.96. The van der Waals surface area contributed by atoms with E-state index in [0.717, 1.165) is 5.56 Å². The molecule has 0 aliphatic heterocycles. The summed E-state index contributed by atoms with van der Waals surface area (Å²) < 4.78 is 4.40. The van der Waals surface area contributed by atoms with E-state index in [1.807, 2.05) is 0 Å². The van der Waals surface area contributed by atoms with Gasteiger partial charge in [0, 0.05) is 29.7 Å². The zero-order valence-electron chi connectivity index (χ0n) is 11.2. The Labute approximate surface area is 120 Å². The largest absolute Gasteiger partial charge is 0.505 e. The third-order valence-electron chi connectivity index (χ3n) is 2.70. The highest BCUT2D eigenvalue weighted by Gasteiger charge is 2.15. The van der Waals surface area contributed by atoms with Gasteiger partial charge < -0.3 is 15.2 Å². The normalized spacial score (nSPS) is 9.95. The van der Waals surface area contributed by atoms with Gasteiger partial charge in [0.25, 0.3) is 5.91 Å². The Morgan fingerprint density at radius 1 is 1.33 bits per heavy atom. The number of carbonyl (C=O) groups excluding carboxylic acids is 2. The summed E-state index contributed by atoms with van der Waals surface area (Å²) in [6.07, 6.45) is 4.70. The molecule has 0 unspecified atom stereocenters. The van der Waals surface area contributed by atoms with Gasteiger partial charge in [-0.1, -0.05) is 6.07 Å². The number of pyridine rings is 2. The predicted octanol–water partition coefficient (Wildman–Crippen LogP) is 0.752. The first-order valence-electron chi connectivity index (χ1n) is 6.06. The monoisotopic (exact) mass is 287 g/mol. The molecule has 0 aromatic carbocycles. The van der Waals surface area contributed by atoms with Gasteiger partial charge in [-0.2, -0.15) is 0 Å². The minimum atomic E-state index is -0.657. The van der Waals surface area contributed by atoms with E-state index in [1.54, 1.807) is 24.5 Å². The zero-order chi connectivity index (χ0) is 15.2. The molecule has 2 N–H and O–H groups in total. The van der Waals surface area contributed by atoms with Crippen molar-refractivity contribution in [2.75, 3.05) is 13.7 Å². The molecule has 0 saturated carbocycles. The maximum Gasteiger partial charge on any atom is 0.325 e. The molecule has 0 spiro atoms. The highest BCUT2D eigenvalue weighted by atomic mass is 16.5. The maximum absolute atomic E-state index is 11.8. The number of rotatable bonds is 4. The molecule has 2 heterocycles. The molecule has 1 amide bonds. The number of carbonyl (C=O) groups is 2. The highest BCUT2D eigenvalue weighted by molar-refractivity contribution is 5.96. The van der Waals surface area contributed by atoms with Crippen LogP contribution in [0.3, 0.4) is 0 Å². The first-order valence-corrected chi connectivity index (χ1v) is 6.06. The van der Waals surface area contributed by atoms with Crippen molar-refractivity contribution >= 4 is 11.9 Å². The number of ether oxygens (including phenoxy) is 1. The molecular weight excluding hydrogens is 274 g/mol. The topological polar surface area (TPSA) is 101 Å². The van der Waals surface area contributed by atoms with E-state index in [-0.39, 0.29) is 18.0 Å². The summed E-state index contributed by atoms with van der Waals surface area (Å²) in [6, 6.07) is 4.97. The lowest BCUT2D eigenvalue weighted by Gasteiger charge is -2.07. The van der Waals surface area contributed by atoms with Gasteiger partial charge in [0.1, 0.15) is 12.3 Å². The molecule has 0 radical (unpaired) electrons. The number of hydrogen-bond donors (Lipinski definition) is 2. The second-order valence-electron chi connectivity index (χ2n) is 4.09. The lowest BCUT2D eigenvalue weighted by atomic mass is 10.1. The molecule has 21 heavy (non-hydrogen) atoms. The van der Waals surface area contributed by atoms with Gasteiger partial charge in [0.2, 0.25) is 0 Å². The zero-order valence-corrected chi connectivity index (χ0v) is 11.2. The number of nitrogens with one attached hydrogen (secondary N) is 1. The van der Waals surface area contributed by atoms with E-state index in [4.69, 9.17) is 0 Å². The van der Waals surface area contributed by atoms with Crippen molar-refractivity contribution in [2.24, 2.45) is 0 Å². The van der Waals surface area contributed by atoms with Gasteiger partial charge in [0.05, 0.1) is 7.11 Å². The van der Waals surface area contributed by atoms with Crippen LogP contribution in [0.4, 0.5) is 0 Å². The molecule has 108 valence electrons. The molecule has 0 aliphatic carbocycles. The van der Waals surface area contributed by atoms with Crippen molar-refractivity contribution < 1.29 is 19.4 Å². The molecular formula is C14H13N3O4. The van der Waals surface area contributed by atoms with Crippen LogP contribution in [0.25, 0.3) is 11.1 Å². The third kappa shape index (κ3) is 3.53. The number of aromatic nitrogens is 2. The fourth-order valence-electron chi connectivity index (χ4n) is 1.63. The van der Waals surface area contributed by atoms with Gasteiger partial charge in [-0.05, 0) is 12.1 Å². The maximum atomic E-state index is 11.8. The highest BCUT2D eigenvalue weighted by Crippen LogP contribution is 2.23. The summed E-state index contributed by atoms with van der Waals surface area (Å²) in [5.41, 5.74) is 1.23. The van der Waals surface area contributed by atoms with Gasteiger partial charge >= 0.3 is 5.97 Å². The fraction of sp³-hybridized carbons (Fsp3) is 0.143. The number of amides is 1. The van der Waals surface area contributed by atoms with E-state index in [1.165, 1.54) is 19.4 Å². The quantitative estimate of drug-likeness (QED) is 0.805. The molecule has 0 fully saturated rings. The third-order valence-corrected chi connectivity index (χ3v) is 2.70. The van der Waals surface area contributed by atoms with Crippen LogP contribution in [-0.2, 0) is 9.53 Å². The Bertz CT molecular complexity index is 659. The second-order valence-corrected chi connectivity index (χ2v) is 4.09. The summed E-state index contributed by atoms with van der Waals surface area (Å²) in [7, 11) is 1.22. The van der Waals surface area contributed by atoms with E-state index >= 15 is 0 Å². The van der Waals surface area contributed by atoms with Crippen molar-refractivity contribution in [1.29, 1.82) is 0 Å².